The lowest BCUT2D eigenvalue weighted by atomic mass is 9.93. The molecular formula is C15H24N2O3. The van der Waals surface area contributed by atoms with Crippen molar-refractivity contribution < 1.29 is 14.4 Å². The van der Waals surface area contributed by atoms with Crippen molar-refractivity contribution in [2.24, 2.45) is 5.92 Å². The molecule has 1 heterocycles. The molecule has 2 saturated carbocycles. The summed E-state index contributed by atoms with van der Waals surface area (Å²) in [6.07, 6.45) is 9.04. The van der Waals surface area contributed by atoms with E-state index >= 15 is 0 Å². The molecule has 0 aliphatic heterocycles. The highest BCUT2D eigenvalue weighted by molar-refractivity contribution is 5.03. The van der Waals surface area contributed by atoms with Gasteiger partial charge < -0.3 is 14.4 Å². The van der Waals surface area contributed by atoms with Crippen LogP contribution in [0, 0.1) is 5.92 Å². The summed E-state index contributed by atoms with van der Waals surface area (Å²) in [5.74, 6) is 1.64. The van der Waals surface area contributed by atoms with Crippen LogP contribution in [0.3, 0.4) is 0 Å². The molecule has 2 fully saturated rings. The normalized spacial score (nSPS) is 24.3. The lowest BCUT2D eigenvalue weighted by Crippen LogP contribution is -2.29. The van der Waals surface area contributed by atoms with Crippen molar-refractivity contribution in [1.82, 2.24) is 10.1 Å². The zero-order valence-electron chi connectivity index (χ0n) is 12.2. The van der Waals surface area contributed by atoms with Crippen LogP contribution in [0.25, 0.3) is 0 Å². The standard InChI is InChI=1S/C15H24N2O3/c1-19-15(8-4-2-3-5-9-15)14-16-13(20-17-14)10-12(18)11-6-7-11/h11-12,18H,2-10H2,1H3. The van der Waals surface area contributed by atoms with Crippen molar-refractivity contribution in [3.05, 3.63) is 11.7 Å². The van der Waals surface area contributed by atoms with Gasteiger partial charge in [0.25, 0.3) is 0 Å². The Morgan fingerprint density at radius 2 is 2.00 bits per heavy atom. The van der Waals surface area contributed by atoms with Crippen LogP contribution in [0.1, 0.15) is 63.1 Å². The fourth-order valence-electron chi connectivity index (χ4n) is 3.17. The second-order valence-corrected chi connectivity index (χ2v) is 6.23. The Labute approximate surface area is 119 Å². The van der Waals surface area contributed by atoms with Gasteiger partial charge in [-0.25, -0.2) is 0 Å². The van der Waals surface area contributed by atoms with Crippen LogP contribution in [-0.4, -0.2) is 28.5 Å². The molecule has 1 unspecified atom stereocenters. The molecule has 1 aromatic rings. The topological polar surface area (TPSA) is 68.4 Å². The Balaban J connectivity index is 1.72. The Morgan fingerprint density at radius 3 is 2.60 bits per heavy atom. The van der Waals surface area contributed by atoms with E-state index < -0.39 is 0 Å². The van der Waals surface area contributed by atoms with Gasteiger partial charge in [0, 0.05) is 7.11 Å². The highest BCUT2D eigenvalue weighted by atomic mass is 16.5. The van der Waals surface area contributed by atoms with Crippen molar-refractivity contribution >= 4 is 0 Å². The highest BCUT2D eigenvalue weighted by Crippen LogP contribution is 2.38. The fourth-order valence-corrected chi connectivity index (χ4v) is 3.17. The third-order valence-electron chi connectivity index (χ3n) is 4.73. The Kier molecular flexibility index (Phi) is 4.08. The van der Waals surface area contributed by atoms with Gasteiger partial charge >= 0.3 is 0 Å². The lowest BCUT2D eigenvalue weighted by Gasteiger charge is -2.27. The van der Waals surface area contributed by atoms with Gasteiger partial charge in [-0.2, -0.15) is 4.98 Å². The van der Waals surface area contributed by atoms with Crippen LogP contribution < -0.4 is 0 Å². The zero-order chi connectivity index (χ0) is 14.0. The molecule has 0 saturated heterocycles. The van der Waals surface area contributed by atoms with Crippen LogP contribution in [-0.2, 0) is 16.8 Å². The summed E-state index contributed by atoms with van der Waals surface area (Å²) >= 11 is 0. The molecule has 3 rings (SSSR count). The van der Waals surface area contributed by atoms with Crippen molar-refractivity contribution in [1.29, 1.82) is 0 Å². The summed E-state index contributed by atoms with van der Waals surface area (Å²) < 4.78 is 11.1. The predicted octanol–water partition coefficient (Wildman–Crippen LogP) is 2.58. The number of hydrogen-bond donors (Lipinski definition) is 1. The summed E-state index contributed by atoms with van der Waals surface area (Å²) in [5.41, 5.74) is -0.386. The molecule has 1 aromatic heterocycles. The molecule has 5 heteroatoms. The lowest BCUT2D eigenvalue weighted by molar-refractivity contribution is -0.0365. The van der Waals surface area contributed by atoms with Crippen molar-refractivity contribution in [3.8, 4) is 0 Å². The van der Waals surface area contributed by atoms with Gasteiger partial charge in [-0.3, -0.25) is 0 Å². The summed E-state index contributed by atoms with van der Waals surface area (Å²) in [4.78, 5) is 4.51. The van der Waals surface area contributed by atoms with E-state index in [9.17, 15) is 5.11 Å². The fraction of sp³-hybridized carbons (Fsp3) is 0.867. The number of aliphatic hydroxyl groups excluding tert-OH is 1. The molecule has 2 aliphatic rings. The molecule has 0 spiro atoms. The SMILES string of the molecule is COC1(c2noc(CC(O)C3CC3)n2)CCCCCC1. The number of methoxy groups -OCH3 is 1. The number of aromatic nitrogens is 2. The molecule has 0 amide bonds. The first-order chi connectivity index (χ1) is 9.73. The number of ether oxygens (including phenoxy) is 1. The average molecular weight is 280 g/mol. The van der Waals surface area contributed by atoms with Gasteiger partial charge in [0.05, 0.1) is 12.5 Å². The van der Waals surface area contributed by atoms with E-state index in [0.717, 1.165) is 38.5 Å². The number of rotatable bonds is 5. The highest BCUT2D eigenvalue weighted by Gasteiger charge is 2.38. The quantitative estimate of drug-likeness (QED) is 0.840. The molecular weight excluding hydrogens is 256 g/mol. The first-order valence-electron chi connectivity index (χ1n) is 7.80. The van der Waals surface area contributed by atoms with Crippen LogP contribution >= 0.6 is 0 Å². The molecule has 1 atom stereocenters. The van der Waals surface area contributed by atoms with E-state index in [1.54, 1.807) is 7.11 Å². The van der Waals surface area contributed by atoms with Gasteiger partial charge in [-0.05, 0) is 31.6 Å². The van der Waals surface area contributed by atoms with Crippen LogP contribution in [0.4, 0.5) is 0 Å². The Hall–Kier alpha value is -0.940. The first kappa shape index (κ1) is 14.0. The maximum atomic E-state index is 9.97. The largest absolute Gasteiger partial charge is 0.392 e. The third-order valence-corrected chi connectivity index (χ3v) is 4.73. The zero-order valence-corrected chi connectivity index (χ0v) is 12.2. The van der Waals surface area contributed by atoms with Gasteiger partial charge in [0.2, 0.25) is 11.7 Å². The Morgan fingerprint density at radius 1 is 1.30 bits per heavy atom. The minimum absolute atomic E-state index is 0.337. The van der Waals surface area contributed by atoms with Gasteiger partial charge in [-0.15, -0.1) is 0 Å². The van der Waals surface area contributed by atoms with E-state index in [0.29, 0.717) is 24.1 Å². The predicted molar refractivity (Wildman–Crippen MR) is 73.1 cm³/mol. The molecule has 0 radical (unpaired) electrons. The van der Waals surface area contributed by atoms with E-state index in [4.69, 9.17) is 9.26 Å². The summed E-state index contributed by atoms with van der Waals surface area (Å²) in [6.45, 7) is 0. The summed E-state index contributed by atoms with van der Waals surface area (Å²) in [7, 11) is 1.74. The molecule has 112 valence electrons. The van der Waals surface area contributed by atoms with E-state index in [1.165, 1.54) is 12.8 Å². The minimum Gasteiger partial charge on any atom is -0.392 e. The molecule has 0 aromatic carbocycles. The smallest absolute Gasteiger partial charge is 0.229 e. The Bertz CT molecular complexity index is 434. The molecule has 1 N–H and O–H groups in total. The second-order valence-electron chi connectivity index (χ2n) is 6.23. The van der Waals surface area contributed by atoms with Gasteiger partial charge in [-0.1, -0.05) is 30.8 Å². The number of aliphatic hydroxyl groups is 1. The van der Waals surface area contributed by atoms with Crippen LogP contribution in [0.5, 0.6) is 0 Å². The van der Waals surface area contributed by atoms with Crippen molar-refractivity contribution in [2.45, 2.75) is 69.5 Å². The monoisotopic (exact) mass is 280 g/mol. The minimum atomic E-state index is -0.386. The number of hydrogen-bond acceptors (Lipinski definition) is 5. The maximum Gasteiger partial charge on any atom is 0.229 e. The summed E-state index contributed by atoms with van der Waals surface area (Å²) in [6, 6.07) is 0. The molecule has 2 aliphatic carbocycles. The van der Waals surface area contributed by atoms with Crippen LogP contribution in [0.2, 0.25) is 0 Å². The van der Waals surface area contributed by atoms with Crippen molar-refractivity contribution in [2.75, 3.05) is 7.11 Å². The van der Waals surface area contributed by atoms with Gasteiger partial charge in [0.1, 0.15) is 5.60 Å². The second kappa shape index (κ2) is 5.82. The van der Waals surface area contributed by atoms with E-state index in [-0.39, 0.29) is 11.7 Å². The maximum absolute atomic E-state index is 9.97. The van der Waals surface area contributed by atoms with E-state index in [1.807, 2.05) is 0 Å². The average Bonchev–Trinajstić information content (AvgIpc) is 3.25. The van der Waals surface area contributed by atoms with Crippen molar-refractivity contribution in [3.63, 3.8) is 0 Å². The third kappa shape index (κ3) is 2.88. The number of nitrogens with zero attached hydrogens (tertiary/aromatic N) is 2. The van der Waals surface area contributed by atoms with Gasteiger partial charge in [0.15, 0.2) is 0 Å². The summed E-state index contributed by atoms with van der Waals surface area (Å²) in [5, 5.41) is 14.1. The molecule has 0 bridgehead atoms. The van der Waals surface area contributed by atoms with E-state index in [2.05, 4.69) is 10.1 Å². The first-order valence-corrected chi connectivity index (χ1v) is 7.80. The molecule has 5 nitrogen and oxygen atoms in total. The molecule has 20 heavy (non-hydrogen) atoms. The van der Waals surface area contributed by atoms with Crippen LogP contribution in [0.15, 0.2) is 4.52 Å².